The molecule has 1 fully saturated rings. The average Bonchev–Trinajstić information content (AvgIpc) is 3.47. The van der Waals surface area contributed by atoms with Gasteiger partial charge in [0, 0.05) is 11.9 Å². The molecule has 0 radical (unpaired) electrons. The Morgan fingerprint density at radius 1 is 1.09 bits per heavy atom. The summed E-state index contributed by atoms with van der Waals surface area (Å²) in [5, 5.41) is 8.87. The van der Waals surface area contributed by atoms with E-state index in [1.807, 2.05) is 6.26 Å². The van der Waals surface area contributed by atoms with Crippen molar-refractivity contribution in [2.45, 2.75) is 43.8 Å². The number of oxazole rings is 1. The quantitative estimate of drug-likeness (QED) is 0.342. The molecule has 2 atom stereocenters. The fourth-order valence-electron chi connectivity index (χ4n) is 6.07. The minimum Gasteiger partial charge on any atom is -0.443 e. The summed E-state index contributed by atoms with van der Waals surface area (Å²) in [5.74, 6) is 0.0377. The largest absolute Gasteiger partial charge is 0.443 e. The molecule has 3 heterocycles. The van der Waals surface area contributed by atoms with E-state index in [4.69, 9.17) is 9.40 Å². The van der Waals surface area contributed by atoms with Gasteiger partial charge >= 0.3 is 0 Å². The maximum Gasteiger partial charge on any atom is 0.246 e. The first-order valence-electron chi connectivity index (χ1n) is 11.5. The zero-order valence-electron chi connectivity index (χ0n) is 19.5. The number of halogens is 2. The van der Waals surface area contributed by atoms with Crippen LogP contribution in [0.5, 0.6) is 0 Å². The zero-order chi connectivity index (χ0) is 24.4. The second kappa shape index (κ2) is 7.91. The van der Waals surface area contributed by atoms with E-state index in [9.17, 15) is 8.78 Å². The van der Waals surface area contributed by atoms with E-state index in [1.165, 1.54) is 18.2 Å². The van der Waals surface area contributed by atoms with Crippen LogP contribution in [0.1, 0.15) is 55.3 Å². The lowest BCUT2D eigenvalue weighted by atomic mass is 9.66. The predicted molar refractivity (Wildman–Crippen MR) is 129 cm³/mol. The Balaban J connectivity index is 1.48. The van der Waals surface area contributed by atoms with E-state index in [0.29, 0.717) is 11.6 Å². The van der Waals surface area contributed by atoms with Gasteiger partial charge in [-0.1, -0.05) is 19.9 Å². The predicted octanol–water partition coefficient (Wildman–Crippen LogP) is 5.93. The first-order valence-corrected chi connectivity index (χ1v) is 12.8. The van der Waals surface area contributed by atoms with Crippen molar-refractivity contribution >= 4 is 11.8 Å². The number of aromatic nitrogens is 5. The van der Waals surface area contributed by atoms with Gasteiger partial charge < -0.3 is 4.42 Å². The van der Waals surface area contributed by atoms with Gasteiger partial charge in [-0.25, -0.2) is 18.7 Å². The summed E-state index contributed by atoms with van der Waals surface area (Å²) in [5.41, 5.74) is 3.27. The molecule has 9 heteroatoms. The van der Waals surface area contributed by atoms with Crippen LogP contribution in [-0.4, -0.2) is 31.4 Å². The normalized spacial score (nSPS) is 21.9. The second-order valence-electron chi connectivity index (χ2n) is 9.72. The number of hydrogen-bond acceptors (Lipinski definition) is 7. The molecule has 4 aromatic rings. The Hall–Kier alpha value is -3.20. The summed E-state index contributed by atoms with van der Waals surface area (Å²) in [6.07, 6.45) is 8.83. The van der Waals surface area contributed by atoms with Crippen LogP contribution < -0.4 is 0 Å². The second-order valence-corrected chi connectivity index (χ2v) is 10.6. The number of benzene rings is 1. The van der Waals surface area contributed by atoms with Crippen molar-refractivity contribution in [3.05, 3.63) is 77.2 Å². The van der Waals surface area contributed by atoms with Crippen molar-refractivity contribution in [1.82, 2.24) is 25.1 Å². The van der Waals surface area contributed by atoms with Crippen molar-refractivity contribution in [1.29, 1.82) is 0 Å². The molecule has 1 aromatic carbocycles. The minimum atomic E-state index is -0.651. The topological polar surface area (TPSA) is 77.6 Å². The average molecular weight is 492 g/mol. The third kappa shape index (κ3) is 3.10. The molecule has 2 aliphatic carbocycles. The van der Waals surface area contributed by atoms with Gasteiger partial charge in [-0.15, -0.1) is 5.10 Å². The van der Waals surface area contributed by atoms with Crippen LogP contribution in [0.15, 0.2) is 47.3 Å². The molecule has 6 rings (SSSR count). The molecule has 0 N–H and O–H groups in total. The Bertz CT molecular complexity index is 1440. The van der Waals surface area contributed by atoms with Crippen LogP contribution >= 0.6 is 11.8 Å². The summed E-state index contributed by atoms with van der Waals surface area (Å²) in [6.45, 7) is 4.40. The summed E-state index contributed by atoms with van der Waals surface area (Å²) < 4.78 is 34.6. The molecule has 2 bridgehead atoms. The summed E-state index contributed by atoms with van der Waals surface area (Å²) in [7, 11) is 0. The van der Waals surface area contributed by atoms with Crippen molar-refractivity contribution in [2.75, 3.05) is 6.26 Å². The number of hydrogen-bond donors (Lipinski definition) is 0. The standard InChI is InChI=1S/C26H23F2N5OS/c1-25(2)16-7-8-26(25,21-11-29-10-20(31-21)24-30-14(12-34-24)13-35-3)23-15(16)9-19(32-33-23)22-17(27)5-4-6-18(22)28/h4-6,9-12,16H,7-8,13H2,1-3H3/t16-,26-/m0/s1. The molecular weight excluding hydrogens is 468 g/mol. The molecule has 3 aromatic heterocycles. The van der Waals surface area contributed by atoms with Gasteiger partial charge in [0.1, 0.15) is 23.6 Å². The first-order chi connectivity index (χ1) is 16.9. The number of nitrogens with zero attached hydrogens (tertiary/aromatic N) is 5. The van der Waals surface area contributed by atoms with Crippen LogP contribution in [0.3, 0.4) is 0 Å². The molecule has 0 unspecified atom stereocenters. The number of fused-ring (bicyclic) bond motifs is 5. The number of rotatable bonds is 5. The van der Waals surface area contributed by atoms with E-state index in [1.54, 1.807) is 36.5 Å². The summed E-state index contributed by atoms with van der Waals surface area (Å²) in [6, 6.07) is 5.62. The molecular formula is C26H23F2N5OS. The first kappa shape index (κ1) is 22.3. The molecule has 1 saturated carbocycles. The Kier molecular flexibility index (Phi) is 5.03. The zero-order valence-corrected chi connectivity index (χ0v) is 20.4. The molecule has 0 spiro atoms. The number of thioether (sulfide) groups is 1. The van der Waals surface area contributed by atoms with Crippen LogP contribution in [-0.2, 0) is 11.2 Å². The highest BCUT2D eigenvalue weighted by atomic mass is 32.2. The molecule has 0 aliphatic heterocycles. The minimum absolute atomic E-state index is 0.149. The third-order valence-corrected chi connectivity index (χ3v) is 8.32. The fraction of sp³-hybridized carbons (Fsp3) is 0.346. The fourth-order valence-corrected chi connectivity index (χ4v) is 6.50. The lowest BCUT2D eigenvalue weighted by Crippen LogP contribution is -2.38. The van der Waals surface area contributed by atoms with Crippen LogP contribution in [0.4, 0.5) is 8.78 Å². The Morgan fingerprint density at radius 2 is 1.89 bits per heavy atom. The highest BCUT2D eigenvalue weighted by molar-refractivity contribution is 7.97. The maximum atomic E-state index is 14.5. The van der Waals surface area contributed by atoms with E-state index in [2.05, 4.69) is 34.0 Å². The summed E-state index contributed by atoms with van der Waals surface area (Å²) >= 11 is 1.67. The Morgan fingerprint density at radius 3 is 2.66 bits per heavy atom. The molecule has 2 aliphatic rings. The van der Waals surface area contributed by atoms with E-state index < -0.39 is 17.0 Å². The molecule has 0 amide bonds. The monoisotopic (exact) mass is 491 g/mol. The van der Waals surface area contributed by atoms with Gasteiger partial charge in [0.15, 0.2) is 0 Å². The van der Waals surface area contributed by atoms with E-state index in [0.717, 1.165) is 41.2 Å². The van der Waals surface area contributed by atoms with Gasteiger partial charge in [-0.05, 0) is 54.2 Å². The van der Waals surface area contributed by atoms with Gasteiger partial charge in [0.2, 0.25) is 5.89 Å². The molecule has 0 saturated heterocycles. The van der Waals surface area contributed by atoms with Crippen molar-refractivity contribution in [3.8, 4) is 22.8 Å². The van der Waals surface area contributed by atoms with E-state index >= 15 is 0 Å². The lowest BCUT2D eigenvalue weighted by Gasteiger charge is -2.37. The van der Waals surface area contributed by atoms with Crippen molar-refractivity contribution in [2.24, 2.45) is 5.41 Å². The maximum absolute atomic E-state index is 14.5. The highest BCUT2D eigenvalue weighted by Gasteiger charge is 2.65. The van der Waals surface area contributed by atoms with Crippen molar-refractivity contribution < 1.29 is 13.2 Å². The third-order valence-electron chi connectivity index (χ3n) is 7.74. The van der Waals surface area contributed by atoms with Gasteiger partial charge in [-0.3, -0.25) is 4.98 Å². The van der Waals surface area contributed by atoms with Crippen molar-refractivity contribution in [3.63, 3.8) is 0 Å². The summed E-state index contributed by atoms with van der Waals surface area (Å²) in [4.78, 5) is 14.0. The Labute approximate surface area is 205 Å². The highest BCUT2D eigenvalue weighted by Crippen LogP contribution is 2.69. The van der Waals surface area contributed by atoms with Crippen LogP contribution in [0.2, 0.25) is 0 Å². The smallest absolute Gasteiger partial charge is 0.246 e. The molecule has 6 nitrogen and oxygen atoms in total. The SMILES string of the molecule is CSCc1coc(-c2cncc([C@@]34CC[C@@H](c5cc(-c6c(F)cccc6F)nnc53)C4(C)C)n2)n1. The van der Waals surface area contributed by atoms with Crippen LogP contribution in [0, 0.1) is 17.0 Å². The van der Waals surface area contributed by atoms with Gasteiger partial charge in [-0.2, -0.15) is 16.9 Å². The van der Waals surface area contributed by atoms with E-state index in [-0.39, 0.29) is 22.6 Å². The molecule has 178 valence electrons. The molecule has 35 heavy (non-hydrogen) atoms. The van der Waals surface area contributed by atoms with Gasteiger partial charge in [0.25, 0.3) is 0 Å². The van der Waals surface area contributed by atoms with Gasteiger partial charge in [0.05, 0.1) is 40.0 Å². The lowest BCUT2D eigenvalue weighted by molar-refractivity contribution is 0.242. The van der Waals surface area contributed by atoms with Crippen LogP contribution in [0.25, 0.3) is 22.8 Å².